The van der Waals surface area contributed by atoms with Gasteiger partial charge < -0.3 is 14.6 Å². The molecule has 2 heterocycles. The molecule has 5 heteroatoms. The molecule has 1 N–H and O–H groups in total. The lowest BCUT2D eigenvalue weighted by molar-refractivity contribution is -0.0405. The Balaban J connectivity index is 2.14. The van der Waals surface area contributed by atoms with Gasteiger partial charge in [0.1, 0.15) is 11.4 Å². The predicted molar refractivity (Wildman–Crippen MR) is 77.7 cm³/mol. The predicted octanol–water partition coefficient (Wildman–Crippen LogP) is 1.39. The molecule has 1 aromatic heterocycles. The summed E-state index contributed by atoms with van der Waals surface area (Å²) in [6.45, 7) is 1.84. The molecule has 2 aromatic rings. The minimum absolute atomic E-state index is 0.0943. The first-order valence-electron chi connectivity index (χ1n) is 6.90. The van der Waals surface area contributed by atoms with Crippen LogP contribution >= 0.6 is 0 Å². The molecule has 1 fully saturated rings. The summed E-state index contributed by atoms with van der Waals surface area (Å²) in [6.07, 6.45) is 1.72. The molecule has 3 rings (SSSR count). The Hall–Kier alpha value is -1.98. The van der Waals surface area contributed by atoms with E-state index in [1.54, 1.807) is 31.4 Å². The second kappa shape index (κ2) is 5.42. The van der Waals surface area contributed by atoms with E-state index < -0.39 is 5.60 Å². The van der Waals surface area contributed by atoms with E-state index in [1.165, 1.54) is 16.7 Å². The lowest BCUT2D eigenvalue weighted by Gasteiger charge is -2.38. The Labute approximate surface area is 122 Å². The molecule has 1 aliphatic heterocycles. The maximum absolute atomic E-state index is 13.2. The number of nitrogens with one attached hydrogen (secondary N) is 1. The third kappa shape index (κ3) is 2.50. The smallest absolute Gasteiger partial charge is 0.250 e. The van der Waals surface area contributed by atoms with Crippen molar-refractivity contribution in [3.05, 3.63) is 69.9 Å². The van der Waals surface area contributed by atoms with Gasteiger partial charge in [-0.2, -0.15) is 0 Å². The highest BCUT2D eigenvalue weighted by Crippen LogP contribution is 2.34. The summed E-state index contributed by atoms with van der Waals surface area (Å²) in [6, 6.07) is 9.69. The summed E-state index contributed by atoms with van der Waals surface area (Å²) in [5.74, 6) is -0.290. The Kier molecular flexibility index (Phi) is 3.61. The normalized spacial score (nSPS) is 22.2. The molecule has 1 aromatic carbocycles. The molecule has 1 saturated heterocycles. The number of pyridine rings is 1. The molecule has 110 valence electrons. The van der Waals surface area contributed by atoms with Crippen LogP contribution in [0.15, 0.2) is 47.4 Å². The molecule has 0 aliphatic carbocycles. The minimum Gasteiger partial charge on any atom is -0.363 e. The van der Waals surface area contributed by atoms with Crippen LogP contribution < -0.4 is 10.9 Å². The summed E-state index contributed by atoms with van der Waals surface area (Å²) in [5, 5.41) is 3.29. The van der Waals surface area contributed by atoms with Gasteiger partial charge in [-0.25, -0.2) is 4.39 Å². The fourth-order valence-electron chi connectivity index (χ4n) is 2.67. The van der Waals surface area contributed by atoms with E-state index >= 15 is 0 Å². The molecule has 0 radical (unpaired) electrons. The third-order valence-corrected chi connectivity index (χ3v) is 3.88. The molecule has 0 amide bonds. The van der Waals surface area contributed by atoms with Gasteiger partial charge in [-0.15, -0.1) is 0 Å². The van der Waals surface area contributed by atoms with E-state index in [0.717, 1.165) is 17.7 Å². The van der Waals surface area contributed by atoms with Gasteiger partial charge in [0.25, 0.3) is 5.56 Å². The van der Waals surface area contributed by atoms with Gasteiger partial charge in [0, 0.05) is 32.4 Å². The molecule has 1 atom stereocenters. The molecule has 1 unspecified atom stereocenters. The van der Waals surface area contributed by atoms with Crippen LogP contribution in [0.1, 0.15) is 11.1 Å². The van der Waals surface area contributed by atoms with Gasteiger partial charge in [-0.1, -0.05) is 12.1 Å². The quantitative estimate of drug-likeness (QED) is 0.908. The van der Waals surface area contributed by atoms with Gasteiger partial charge >= 0.3 is 0 Å². The number of rotatable bonds is 2. The number of aromatic nitrogens is 1. The van der Waals surface area contributed by atoms with Crippen molar-refractivity contribution in [3.8, 4) is 0 Å². The van der Waals surface area contributed by atoms with Gasteiger partial charge in [-0.3, -0.25) is 4.79 Å². The Bertz CT molecular complexity index is 688. The fraction of sp³-hybridized carbons (Fsp3) is 0.312. The Morgan fingerprint density at radius 3 is 2.62 bits per heavy atom. The van der Waals surface area contributed by atoms with E-state index in [2.05, 4.69) is 5.32 Å². The molecule has 0 bridgehead atoms. The molecular weight excluding hydrogens is 271 g/mol. The number of halogens is 1. The second-order valence-electron chi connectivity index (χ2n) is 5.22. The zero-order valence-electron chi connectivity index (χ0n) is 11.8. The summed E-state index contributed by atoms with van der Waals surface area (Å²) in [7, 11) is 1.71. The maximum Gasteiger partial charge on any atom is 0.250 e. The highest BCUT2D eigenvalue weighted by molar-refractivity contribution is 5.37. The average molecular weight is 288 g/mol. The van der Waals surface area contributed by atoms with Crippen molar-refractivity contribution >= 4 is 0 Å². The minimum atomic E-state index is -0.751. The molecule has 0 spiro atoms. The second-order valence-corrected chi connectivity index (χ2v) is 5.22. The highest BCUT2D eigenvalue weighted by Gasteiger charge is 2.37. The Morgan fingerprint density at radius 2 is 2.00 bits per heavy atom. The number of nitrogens with zero attached hydrogens (tertiary/aromatic N) is 1. The van der Waals surface area contributed by atoms with Crippen LogP contribution in [0.25, 0.3) is 0 Å². The standard InChI is InChI=1S/C16H17FN2O2/c1-19-8-6-13(10-15(19)20)16(11-18-7-9-21-16)12-2-4-14(17)5-3-12/h2-6,8,10,18H,7,9,11H2,1H3. The van der Waals surface area contributed by atoms with Crippen molar-refractivity contribution in [2.75, 3.05) is 19.7 Å². The summed E-state index contributed by atoms with van der Waals surface area (Å²) >= 11 is 0. The monoisotopic (exact) mass is 288 g/mol. The number of hydrogen-bond donors (Lipinski definition) is 1. The average Bonchev–Trinajstić information content (AvgIpc) is 2.51. The lowest BCUT2D eigenvalue weighted by atomic mass is 9.85. The first-order chi connectivity index (χ1) is 10.1. The van der Waals surface area contributed by atoms with Gasteiger partial charge in [0.2, 0.25) is 0 Å². The van der Waals surface area contributed by atoms with Crippen LogP contribution in [0.5, 0.6) is 0 Å². The topological polar surface area (TPSA) is 43.3 Å². The van der Waals surface area contributed by atoms with Crippen LogP contribution in [0.4, 0.5) is 4.39 Å². The first-order valence-corrected chi connectivity index (χ1v) is 6.90. The lowest BCUT2D eigenvalue weighted by Crippen LogP contribution is -2.48. The van der Waals surface area contributed by atoms with Crippen LogP contribution in [-0.2, 0) is 17.4 Å². The number of morpholine rings is 1. The van der Waals surface area contributed by atoms with E-state index in [-0.39, 0.29) is 11.4 Å². The van der Waals surface area contributed by atoms with E-state index in [9.17, 15) is 9.18 Å². The van der Waals surface area contributed by atoms with Crippen LogP contribution in [0.3, 0.4) is 0 Å². The van der Waals surface area contributed by atoms with E-state index in [0.29, 0.717) is 13.2 Å². The van der Waals surface area contributed by atoms with Gasteiger partial charge in [0.15, 0.2) is 0 Å². The molecular formula is C16H17FN2O2. The summed E-state index contributed by atoms with van der Waals surface area (Å²) < 4.78 is 20.7. The van der Waals surface area contributed by atoms with Crippen LogP contribution in [-0.4, -0.2) is 24.3 Å². The zero-order chi connectivity index (χ0) is 14.9. The Morgan fingerprint density at radius 1 is 1.24 bits per heavy atom. The molecule has 21 heavy (non-hydrogen) atoms. The fourth-order valence-corrected chi connectivity index (χ4v) is 2.67. The van der Waals surface area contributed by atoms with Crippen molar-refractivity contribution < 1.29 is 9.13 Å². The van der Waals surface area contributed by atoms with Gasteiger partial charge in [-0.05, 0) is 29.3 Å². The van der Waals surface area contributed by atoms with Crippen molar-refractivity contribution in [1.82, 2.24) is 9.88 Å². The first kappa shape index (κ1) is 14.0. The number of ether oxygens (including phenoxy) is 1. The van der Waals surface area contributed by atoms with Crippen molar-refractivity contribution in [1.29, 1.82) is 0 Å². The maximum atomic E-state index is 13.2. The van der Waals surface area contributed by atoms with Gasteiger partial charge in [0.05, 0.1) is 6.61 Å². The number of benzene rings is 1. The zero-order valence-corrected chi connectivity index (χ0v) is 11.8. The SMILES string of the molecule is Cn1ccc(C2(c3ccc(F)cc3)CNCCO2)cc1=O. The highest BCUT2D eigenvalue weighted by atomic mass is 19.1. The van der Waals surface area contributed by atoms with Crippen molar-refractivity contribution in [3.63, 3.8) is 0 Å². The molecule has 0 saturated carbocycles. The van der Waals surface area contributed by atoms with E-state index in [4.69, 9.17) is 4.74 Å². The number of hydrogen-bond acceptors (Lipinski definition) is 3. The van der Waals surface area contributed by atoms with Crippen molar-refractivity contribution in [2.24, 2.45) is 7.05 Å². The largest absolute Gasteiger partial charge is 0.363 e. The molecule has 4 nitrogen and oxygen atoms in total. The summed E-state index contributed by atoms with van der Waals surface area (Å²) in [4.78, 5) is 11.9. The molecule has 1 aliphatic rings. The van der Waals surface area contributed by atoms with Crippen molar-refractivity contribution in [2.45, 2.75) is 5.60 Å². The van der Waals surface area contributed by atoms with Crippen LogP contribution in [0.2, 0.25) is 0 Å². The third-order valence-electron chi connectivity index (χ3n) is 3.88. The van der Waals surface area contributed by atoms with Crippen LogP contribution in [0, 0.1) is 5.82 Å². The van der Waals surface area contributed by atoms with E-state index in [1.807, 2.05) is 6.07 Å². The summed E-state index contributed by atoms with van der Waals surface area (Å²) in [5.41, 5.74) is 0.774. The number of aryl methyl sites for hydroxylation is 1.